The van der Waals surface area contributed by atoms with Gasteiger partial charge in [-0.25, -0.2) is 4.39 Å². The molecule has 0 bridgehead atoms. The van der Waals surface area contributed by atoms with Gasteiger partial charge < -0.3 is 10.4 Å². The molecule has 5 heteroatoms. The van der Waals surface area contributed by atoms with E-state index in [-0.39, 0.29) is 23.1 Å². The zero-order valence-corrected chi connectivity index (χ0v) is 13.8. The average molecular weight is 334 g/mol. The van der Waals surface area contributed by atoms with Gasteiger partial charge in [-0.3, -0.25) is 0 Å². The summed E-state index contributed by atoms with van der Waals surface area (Å²) in [6.07, 6.45) is 5.58. The molecule has 21 heavy (non-hydrogen) atoms. The maximum absolute atomic E-state index is 13.6. The second-order valence-corrected chi connectivity index (χ2v) is 6.86. The van der Waals surface area contributed by atoms with Crippen LogP contribution in [0, 0.1) is 11.2 Å². The maximum Gasteiger partial charge on any atom is 0.142 e. The van der Waals surface area contributed by atoms with E-state index in [1.165, 1.54) is 18.6 Å². The van der Waals surface area contributed by atoms with E-state index in [0.29, 0.717) is 17.1 Å². The Morgan fingerprint density at radius 2 is 1.95 bits per heavy atom. The molecule has 1 aliphatic carbocycles. The number of aliphatic hydroxyl groups excluding tert-OH is 1. The molecule has 0 heterocycles. The molecular weight excluding hydrogens is 312 g/mol. The zero-order valence-electron chi connectivity index (χ0n) is 12.3. The minimum Gasteiger partial charge on any atom is -0.396 e. The molecule has 118 valence electrons. The summed E-state index contributed by atoms with van der Waals surface area (Å²) in [6, 6.07) is 2.64. The molecular formula is C16H22Cl2FNO. The molecule has 1 unspecified atom stereocenters. The number of benzene rings is 1. The second kappa shape index (κ2) is 7.28. The highest BCUT2D eigenvalue weighted by Crippen LogP contribution is 2.37. The third-order valence-electron chi connectivity index (χ3n) is 4.55. The van der Waals surface area contributed by atoms with E-state index < -0.39 is 5.82 Å². The second-order valence-electron chi connectivity index (χ2n) is 6.08. The van der Waals surface area contributed by atoms with Crippen molar-refractivity contribution in [3.05, 3.63) is 33.6 Å². The maximum atomic E-state index is 13.6. The monoisotopic (exact) mass is 333 g/mol. The first-order chi connectivity index (χ1) is 9.99. The molecule has 2 N–H and O–H groups in total. The first-order valence-corrected chi connectivity index (χ1v) is 8.22. The first kappa shape index (κ1) is 17.0. The fraction of sp³-hybridized carbons (Fsp3) is 0.625. The molecule has 0 aliphatic heterocycles. The summed E-state index contributed by atoms with van der Waals surface area (Å²) in [5, 5.41) is 13.6. The molecule has 2 rings (SSSR count). The van der Waals surface area contributed by atoms with E-state index in [1.807, 2.05) is 6.92 Å². The van der Waals surface area contributed by atoms with E-state index in [4.69, 9.17) is 23.2 Å². The van der Waals surface area contributed by atoms with Gasteiger partial charge in [0, 0.05) is 35.2 Å². The van der Waals surface area contributed by atoms with Crippen molar-refractivity contribution in [2.45, 2.75) is 45.1 Å². The minimum atomic E-state index is -0.459. The highest BCUT2D eigenvalue weighted by Gasteiger charge is 2.32. The lowest BCUT2D eigenvalue weighted by atomic mass is 9.74. The molecule has 1 atom stereocenters. The van der Waals surface area contributed by atoms with Crippen molar-refractivity contribution in [1.29, 1.82) is 0 Å². The van der Waals surface area contributed by atoms with Crippen molar-refractivity contribution in [2.24, 2.45) is 5.41 Å². The topological polar surface area (TPSA) is 32.3 Å². The van der Waals surface area contributed by atoms with Crippen LogP contribution in [0.25, 0.3) is 0 Å². The van der Waals surface area contributed by atoms with E-state index in [1.54, 1.807) is 0 Å². The van der Waals surface area contributed by atoms with Crippen LogP contribution in [0.1, 0.15) is 50.6 Å². The van der Waals surface area contributed by atoms with Crippen molar-refractivity contribution in [1.82, 2.24) is 5.32 Å². The van der Waals surface area contributed by atoms with Crippen LogP contribution >= 0.6 is 23.2 Å². The summed E-state index contributed by atoms with van der Waals surface area (Å²) >= 11 is 12.2. The lowest BCUT2D eigenvalue weighted by molar-refractivity contribution is 0.0789. The predicted molar refractivity (Wildman–Crippen MR) is 85.4 cm³/mol. The SMILES string of the molecule is CC(NCC1(CO)CCCCC1)c1c(Cl)ccc(F)c1Cl. The third-order valence-corrected chi connectivity index (χ3v) is 5.26. The Kier molecular flexibility index (Phi) is 5.89. The van der Waals surface area contributed by atoms with Crippen LogP contribution in [0.2, 0.25) is 10.0 Å². The van der Waals surface area contributed by atoms with Crippen molar-refractivity contribution < 1.29 is 9.50 Å². The molecule has 1 aromatic rings. The number of aliphatic hydroxyl groups is 1. The first-order valence-electron chi connectivity index (χ1n) is 7.47. The standard InChI is InChI=1S/C16H22Cl2FNO/c1-11(14-12(17)5-6-13(19)15(14)18)20-9-16(10-21)7-3-2-4-8-16/h5-6,11,20-21H,2-4,7-10H2,1H3. The quantitative estimate of drug-likeness (QED) is 0.763. The molecule has 0 amide bonds. The molecule has 1 aromatic carbocycles. The van der Waals surface area contributed by atoms with Crippen molar-refractivity contribution in [3.63, 3.8) is 0 Å². The summed E-state index contributed by atoms with van der Waals surface area (Å²) < 4.78 is 13.6. The van der Waals surface area contributed by atoms with E-state index in [9.17, 15) is 9.50 Å². The number of nitrogens with one attached hydrogen (secondary N) is 1. The lowest BCUT2D eigenvalue weighted by Crippen LogP contribution is -2.40. The highest BCUT2D eigenvalue weighted by molar-refractivity contribution is 6.36. The molecule has 1 fully saturated rings. The van der Waals surface area contributed by atoms with Crippen molar-refractivity contribution in [3.8, 4) is 0 Å². The number of halogens is 3. The summed E-state index contributed by atoms with van der Waals surface area (Å²) in [6.45, 7) is 2.78. The molecule has 2 nitrogen and oxygen atoms in total. The van der Waals surface area contributed by atoms with Crippen LogP contribution in [0.3, 0.4) is 0 Å². The molecule has 0 radical (unpaired) electrons. The Labute approximate surface area is 135 Å². The van der Waals surface area contributed by atoms with E-state index in [0.717, 1.165) is 25.7 Å². The van der Waals surface area contributed by atoms with Gasteiger partial charge in [0.1, 0.15) is 5.82 Å². The van der Waals surface area contributed by atoms with Crippen LogP contribution in [0.5, 0.6) is 0 Å². The summed E-state index contributed by atoms with van der Waals surface area (Å²) in [7, 11) is 0. The molecule has 0 saturated heterocycles. The number of hydrogen-bond donors (Lipinski definition) is 2. The van der Waals surface area contributed by atoms with Crippen LogP contribution < -0.4 is 5.32 Å². The van der Waals surface area contributed by atoms with Gasteiger partial charge in [-0.15, -0.1) is 0 Å². The Balaban J connectivity index is 2.08. The van der Waals surface area contributed by atoms with Gasteiger partial charge in [0.25, 0.3) is 0 Å². The van der Waals surface area contributed by atoms with Crippen LogP contribution in [-0.2, 0) is 0 Å². The van der Waals surface area contributed by atoms with Gasteiger partial charge in [0.2, 0.25) is 0 Å². The smallest absolute Gasteiger partial charge is 0.142 e. The minimum absolute atomic E-state index is 0.0706. The van der Waals surface area contributed by atoms with Gasteiger partial charge in [0.05, 0.1) is 5.02 Å². The Hall–Kier alpha value is -0.350. The van der Waals surface area contributed by atoms with Crippen molar-refractivity contribution in [2.75, 3.05) is 13.2 Å². The Bertz CT molecular complexity index is 489. The summed E-state index contributed by atoms with van der Waals surface area (Å²) in [5.41, 5.74) is 0.515. The summed E-state index contributed by atoms with van der Waals surface area (Å²) in [5.74, 6) is -0.459. The van der Waals surface area contributed by atoms with Gasteiger partial charge in [0.15, 0.2) is 0 Å². The normalized spacial score (nSPS) is 19.5. The fourth-order valence-electron chi connectivity index (χ4n) is 3.10. The summed E-state index contributed by atoms with van der Waals surface area (Å²) in [4.78, 5) is 0. The van der Waals surface area contributed by atoms with Gasteiger partial charge >= 0.3 is 0 Å². The molecule has 1 saturated carbocycles. The fourth-order valence-corrected chi connectivity index (χ4v) is 3.80. The zero-order chi connectivity index (χ0) is 15.5. The van der Waals surface area contributed by atoms with E-state index in [2.05, 4.69) is 5.32 Å². The van der Waals surface area contributed by atoms with E-state index >= 15 is 0 Å². The van der Waals surface area contributed by atoms with Crippen molar-refractivity contribution >= 4 is 23.2 Å². The van der Waals surface area contributed by atoms with Crippen LogP contribution in [0.15, 0.2) is 12.1 Å². The lowest BCUT2D eigenvalue weighted by Gasteiger charge is -2.37. The largest absolute Gasteiger partial charge is 0.396 e. The highest BCUT2D eigenvalue weighted by atomic mass is 35.5. The third kappa shape index (κ3) is 3.89. The predicted octanol–water partition coefficient (Wildman–Crippen LogP) is 4.73. The average Bonchev–Trinajstić information content (AvgIpc) is 2.50. The molecule has 0 aromatic heterocycles. The van der Waals surface area contributed by atoms with Crippen LogP contribution in [-0.4, -0.2) is 18.3 Å². The van der Waals surface area contributed by atoms with Gasteiger partial charge in [-0.2, -0.15) is 0 Å². The van der Waals surface area contributed by atoms with Crippen LogP contribution in [0.4, 0.5) is 4.39 Å². The Morgan fingerprint density at radius 3 is 2.57 bits per heavy atom. The molecule has 1 aliphatic rings. The van der Waals surface area contributed by atoms with Gasteiger partial charge in [-0.1, -0.05) is 42.5 Å². The van der Waals surface area contributed by atoms with Gasteiger partial charge in [-0.05, 0) is 31.9 Å². The number of rotatable bonds is 5. The Morgan fingerprint density at radius 1 is 1.29 bits per heavy atom. The number of hydrogen-bond acceptors (Lipinski definition) is 2. The molecule has 0 spiro atoms.